The smallest absolute Gasteiger partial charge is 0.326 e. The van der Waals surface area contributed by atoms with Gasteiger partial charge in [-0.1, -0.05) is 0 Å². The first-order valence-corrected chi connectivity index (χ1v) is 8.35. The van der Waals surface area contributed by atoms with E-state index >= 15 is 0 Å². The van der Waals surface area contributed by atoms with Crippen molar-refractivity contribution in [1.29, 1.82) is 0 Å². The molecule has 0 aliphatic rings. The van der Waals surface area contributed by atoms with Crippen LogP contribution in [0.4, 0.5) is 4.79 Å². The van der Waals surface area contributed by atoms with E-state index < -0.39 is 18.0 Å². The summed E-state index contributed by atoms with van der Waals surface area (Å²) < 4.78 is 0. The van der Waals surface area contributed by atoms with Crippen LogP contribution in [0.3, 0.4) is 0 Å². The van der Waals surface area contributed by atoms with Gasteiger partial charge in [-0.2, -0.15) is 11.8 Å². The highest BCUT2D eigenvalue weighted by molar-refractivity contribution is 7.98. The summed E-state index contributed by atoms with van der Waals surface area (Å²) in [5, 5.41) is 14.4. The van der Waals surface area contributed by atoms with Gasteiger partial charge in [0.05, 0.1) is 17.2 Å². The fraction of sp³-hybridized carbons (Fsp3) is 0.583. The number of aliphatic carboxylic acids is 1. The van der Waals surface area contributed by atoms with Crippen LogP contribution < -0.4 is 5.32 Å². The second-order valence-electron chi connectivity index (χ2n) is 4.34. The Hall–Kier alpha value is -1.28. The summed E-state index contributed by atoms with van der Waals surface area (Å²) in [7, 11) is 1.62. The molecule has 2 amide bonds. The van der Waals surface area contributed by atoms with Gasteiger partial charge in [0.2, 0.25) is 0 Å². The van der Waals surface area contributed by atoms with Crippen molar-refractivity contribution in [3.05, 3.63) is 16.1 Å². The molecule has 1 rings (SSSR count). The highest BCUT2D eigenvalue weighted by atomic mass is 32.2. The molecule has 6 nitrogen and oxygen atoms in total. The topological polar surface area (TPSA) is 82.5 Å². The van der Waals surface area contributed by atoms with Crippen molar-refractivity contribution in [3.63, 3.8) is 0 Å². The van der Waals surface area contributed by atoms with E-state index in [4.69, 9.17) is 5.11 Å². The van der Waals surface area contributed by atoms with Crippen molar-refractivity contribution >= 4 is 35.1 Å². The lowest BCUT2D eigenvalue weighted by atomic mass is 10.2. The molecule has 0 aliphatic heterocycles. The van der Waals surface area contributed by atoms with Crippen LogP contribution in [0.15, 0.2) is 5.38 Å². The van der Waals surface area contributed by atoms with E-state index in [0.717, 1.165) is 10.7 Å². The van der Waals surface area contributed by atoms with E-state index in [1.807, 2.05) is 18.6 Å². The van der Waals surface area contributed by atoms with Gasteiger partial charge in [0, 0.05) is 12.4 Å². The molecule has 0 saturated heterocycles. The summed E-state index contributed by atoms with van der Waals surface area (Å²) >= 11 is 3.07. The van der Waals surface area contributed by atoms with Crippen LogP contribution >= 0.6 is 23.1 Å². The van der Waals surface area contributed by atoms with E-state index in [0.29, 0.717) is 18.7 Å². The van der Waals surface area contributed by atoms with Gasteiger partial charge in [-0.15, -0.1) is 11.3 Å². The number of carboxylic acids is 1. The predicted octanol–water partition coefficient (Wildman–Crippen LogP) is 1.80. The normalized spacial score (nSPS) is 11.9. The van der Waals surface area contributed by atoms with Gasteiger partial charge in [0.1, 0.15) is 6.04 Å². The molecule has 2 N–H and O–H groups in total. The Balaban J connectivity index is 2.52. The zero-order valence-corrected chi connectivity index (χ0v) is 13.4. The second-order valence-corrected chi connectivity index (χ2v) is 6.38. The number of hydrogen-bond donors (Lipinski definition) is 2. The van der Waals surface area contributed by atoms with E-state index in [9.17, 15) is 9.59 Å². The summed E-state index contributed by atoms with van der Waals surface area (Å²) in [5.41, 5.74) is 0.807. The van der Waals surface area contributed by atoms with Crippen molar-refractivity contribution < 1.29 is 14.7 Å². The summed E-state index contributed by atoms with van der Waals surface area (Å²) in [5.74, 6) is -0.322. The molecule has 0 aliphatic carbocycles. The summed E-state index contributed by atoms with van der Waals surface area (Å²) in [4.78, 5) is 28.7. The first-order valence-electron chi connectivity index (χ1n) is 6.08. The molecule has 112 valence electrons. The Kier molecular flexibility index (Phi) is 6.80. The lowest BCUT2D eigenvalue weighted by Crippen LogP contribution is -2.46. The number of nitrogens with one attached hydrogen (secondary N) is 1. The highest BCUT2D eigenvalue weighted by Crippen LogP contribution is 2.10. The monoisotopic (exact) mass is 317 g/mol. The van der Waals surface area contributed by atoms with Gasteiger partial charge in [0.25, 0.3) is 0 Å². The number of amides is 2. The molecule has 0 bridgehead atoms. The Labute approximate surface area is 126 Å². The number of thiazole rings is 1. The number of hydrogen-bond acceptors (Lipinski definition) is 5. The molecule has 0 unspecified atom stereocenters. The SMILES string of the molecule is CSCC[C@@H](NC(=O)N(C)Cc1csc(C)n1)C(=O)O. The number of thioether (sulfide) groups is 1. The molecule has 1 heterocycles. The summed E-state index contributed by atoms with van der Waals surface area (Å²) in [6, 6.07) is -1.25. The van der Waals surface area contributed by atoms with Gasteiger partial charge in [-0.3, -0.25) is 0 Å². The lowest BCUT2D eigenvalue weighted by molar-refractivity contribution is -0.139. The number of carboxylic acid groups (broad SMARTS) is 1. The molecule has 8 heteroatoms. The van der Waals surface area contributed by atoms with Gasteiger partial charge in [0.15, 0.2) is 0 Å². The second kappa shape index (κ2) is 8.11. The molecule has 1 atom stereocenters. The molecular weight excluding hydrogens is 298 g/mol. The number of carbonyl (C=O) groups excluding carboxylic acids is 1. The molecule has 1 aromatic rings. The lowest BCUT2D eigenvalue weighted by Gasteiger charge is -2.20. The van der Waals surface area contributed by atoms with Gasteiger partial charge in [-0.05, 0) is 25.4 Å². The number of rotatable bonds is 7. The minimum absolute atomic E-state index is 0.366. The Morgan fingerprint density at radius 2 is 2.30 bits per heavy atom. The average Bonchev–Trinajstić information content (AvgIpc) is 2.79. The molecule has 20 heavy (non-hydrogen) atoms. The van der Waals surface area contributed by atoms with Crippen molar-refractivity contribution in [2.75, 3.05) is 19.1 Å². The maximum Gasteiger partial charge on any atom is 0.326 e. The molecule has 0 spiro atoms. The standard InChI is InChI=1S/C12H19N3O3S2/c1-8-13-9(7-20-8)6-15(2)12(18)14-10(11(16)17)4-5-19-3/h7,10H,4-6H2,1-3H3,(H,14,18)(H,16,17)/t10-/m1/s1. The van der Waals surface area contributed by atoms with Gasteiger partial charge < -0.3 is 15.3 Å². The molecule has 0 aromatic carbocycles. The van der Waals surface area contributed by atoms with Gasteiger partial charge >= 0.3 is 12.0 Å². The van der Waals surface area contributed by atoms with E-state index in [2.05, 4.69) is 10.3 Å². The van der Waals surface area contributed by atoms with E-state index in [1.165, 1.54) is 16.2 Å². The predicted molar refractivity (Wildman–Crippen MR) is 81.3 cm³/mol. The summed E-state index contributed by atoms with van der Waals surface area (Å²) in [6.07, 6.45) is 2.31. The molecule has 1 aromatic heterocycles. The Morgan fingerprint density at radius 3 is 2.80 bits per heavy atom. The first-order chi connectivity index (χ1) is 9.43. The third kappa shape index (κ3) is 5.38. The largest absolute Gasteiger partial charge is 0.480 e. The Bertz CT molecular complexity index is 465. The molecule has 0 fully saturated rings. The van der Waals surface area contributed by atoms with Crippen LogP contribution in [0.2, 0.25) is 0 Å². The zero-order chi connectivity index (χ0) is 15.1. The third-order valence-corrected chi connectivity index (χ3v) is 4.09. The van der Waals surface area contributed by atoms with Crippen molar-refractivity contribution in [2.45, 2.75) is 25.9 Å². The van der Waals surface area contributed by atoms with Crippen LogP contribution in [-0.2, 0) is 11.3 Å². The molecule has 0 saturated carbocycles. The van der Waals surface area contributed by atoms with Crippen molar-refractivity contribution in [2.24, 2.45) is 0 Å². The first kappa shape index (κ1) is 16.8. The summed E-state index contributed by atoms with van der Waals surface area (Å²) in [6.45, 7) is 2.27. The minimum Gasteiger partial charge on any atom is -0.480 e. The number of urea groups is 1. The Morgan fingerprint density at radius 1 is 1.60 bits per heavy atom. The highest BCUT2D eigenvalue weighted by Gasteiger charge is 2.21. The number of aromatic nitrogens is 1. The van der Waals surface area contributed by atoms with Crippen LogP contribution in [0.25, 0.3) is 0 Å². The molecular formula is C12H19N3O3S2. The van der Waals surface area contributed by atoms with E-state index in [1.54, 1.807) is 18.8 Å². The van der Waals surface area contributed by atoms with Crippen LogP contribution in [0, 0.1) is 6.92 Å². The fourth-order valence-corrected chi connectivity index (χ4v) is 2.62. The van der Waals surface area contributed by atoms with Crippen molar-refractivity contribution in [3.8, 4) is 0 Å². The quantitative estimate of drug-likeness (QED) is 0.801. The van der Waals surface area contributed by atoms with Gasteiger partial charge in [-0.25, -0.2) is 14.6 Å². The molecule has 0 radical (unpaired) electrons. The van der Waals surface area contributed by atoms with Crippen LogP contribution in [-0.4, -0.2) is 52.1 Å². The fourth-order valence-electron chi connectivity index (χ4n) is 1.55. The maximum atomic E-state index is 12.0. The van der Waals surface area contributed by atoms with Crippen LogP contribution in [0.5, 0.6) is 0 Å². The average molecular weight is 317 g/mol. The van der Waals surface area contributed by atoms with Crippen LogP contribution in [0.1, 0.15) is 17.1 Å². The third-order valence-electron chi connectivity index (χ3n) is 2.62. The zero-order valence-electron chi connectivity index (χ0n) is 11.8. The number of nitrogens with zero attached hydrogens (tertiary/aromatic N) is 2. The van der Waals surface area contributed by atoms with E-state index in [-0.39, 0.29) is 0 Å². The maximum absolute atomic E-state index is 12.0. The number of aryl methyl sites for hydroxylation is 1. The minimum atomic E-state index is -1.01. The number of carbonyl (C=O) groups is 2. The van der Waals surface area contributed by atoms with Crippen molar-refractivity contribution in [1.82, 2.24) is 15.2 Å².